The van der Waals surface area contributed by atoms with Gasteiger partial charge in [0.2, 0.25) is 11.8 Å². The maximum atomic E-state index is 12.4. The topological polar surface area (TPSA) is 123 Å². The van der Waals surface area contributed by atoms with Gasteiger partial charge in [0.1, 0.15) is 12.4 Å². The summed E-state index contributed by atoms with van der Waals surface area (Å²) in [6.07, 6.45) is -0.113. The molecular formula is C15H19N5O3S. The predicted octanol–water partition coefficient (Wildman–Crippen LogP) is 2.20. The van der Waals surface area contributed by atoms with E-state index in [1.165, 1.54) is 23.5 Å². The molecule has 2 heterocycles. The van der Waals surface area contributed by atoms with Crippen LogP contribution in [0.25, 0.3) is 0 Å². The Hall–Kier alpha value is -2.68. The Bertz CT molecular complexity index is 744. The second-order valence-electron chi connectivity index (χ2n) is 5.26. The van der Waals surface area contributed by atoms with Crippen molar-refractivity contribution in [3.05, 3.63) is 28.8 Å². The fourth-order valence-electron chi connectivity index (χ4n) is 1.72. The largest absolute Gasteiger partial charge is 0.475 e. The number of nitrogens with one attached hydrogen (secondary N) is 2. The van der Waals surface area contributed by atoms with Crippen LogP contribution in [0.3, 0.4) is 0 Å². The third kappa shape index (κ3) is 5.20. The number of hydrogen-bond acceptors (Lipinski definition) is 7. The van der Waals surface area contributed by atoms with Crippen molar-refractivity contribution in [3.8, 4) is 11.8 Å². The number of carbonyl (C=O) groups is 1. The number of thiazole rings is 1. The van der Waals surface area contributed by atoms with E-state index in [1.807, 2.05) is 26.2 Å². The minimum Gasteiger partial charge on any atom is -0.475 e. The number of ether oxygens (including phenoxy) is 2. The van der Waals surface area contributed by atoms with Gasteiger partial charge in [-0.1, -0.05) is 0 Å². The van der Waals surface area contributed by atoms with Crippen LogP contribution in [-0.4, -0.2) is 34.4 Å². The number of pyridine rings is 1. The fraction of sp³-hybridized carbons (Fsp3) is 0.333. The first-order chi connectivity index (χ1) is 11.3. The summed E-state index contributed by atoms with van der Waals surface area (Å²) < 4.78 is 10.8. The molecule has 1 amide bonds. The second-order valence-corrected chi connectivity index (χ2v) is 6.12. The quantitative estimate of drug-likeness (QED) is 0.520. The molecule has 0 spiro atoms. The van der Waals surface area contributed by atoms with Crippen LogP contribution in [0.4, 0.5) is 5.13 Å². The van der Waals surface area contributed by atoms with Gasteiger partial charge in [0, 0.05) is 17.5 Å². The molecule has 2 aromatic rings. The van der Waals surface area contributed by atoms with E-state index in [9.17, 15) is 4.79 Å². The van der Waals surface area contributed by atoms with Crippen molar-refractivity contribution in [2.75, 3.05) is 11.9 Å². The van der Waals surface area contributed by atoms with Crippen molar-refractivity contribution >= 4 is 28.2 Å². The van der Waals surface area contributed by atoms with E-state index in [-0.39, 0.29) is 36.2 Å². The molecule has 0 bridgehead atoms. The van der Waals surface area contributed by atoms with Crippen molar-refractivity contribution in [1.82, 2.24) is 9.97 Å². The Labute approximate surface area is 143 Å². The number of anilines is 1. The predicted molar refractivity (Wildman–Crippen MR) is 92.2 cm³/mol. The molecule has 0 aromatic carbocycles. The summed E-state index contributed by atoms with van der Waals surface area (Å²) in [5.74, 6) is -0.0837. The number of amides is 1. The van der Waals surface area contributed by atoms with Crippen LogP contribution in [0.15, 0.2) is 17.5 Å². The summed E-state index contributed by atoms with van der Waals surface area (Å²) in [5.41, 5.74) is 6.42. The molecule has 0 radical (unpaired) electrons. The van der Waals surface area contributed by atoms with Crippen molar-refractivity contribution in [2.45, 2.75) is 26.9 Å². The van der Waals surface area contributed by atoms with Gasteiger partial charge in [-0.2, -0.15) is 4.98 Å². The molecule has 0 aliphatic heterocycles. The first-order valence-corrected chi connectivity index (χ1v) is 8.09. The van der Waals surface area contributed by atoms with Crippen LogP contribution in [0.1, 0.15) is 29.9 Å². The Kier molecular flexibility index (Phi) is 5.69. The van der Waals surface area contributed by atoms with E-state index in [4.69, 9.17) is 20.6 Å². The first kappa shape index (κ1) is 17.7. The maximum Gasteiger partial charge on any atom is 0.257 e. The summed E-state index contributed by atoms with van der Waals surface area (Å²) >= 11 is 1.34. The smallest absolute Gasteiger partial charge is 0.257 e. The van der Waals surface area contributed by atoms with Crippen LogP contribution in [0, 0.1) is 12.3 Å². The Morgan fingerprint density at radius 2 is 2.08 bits per heavy atom. The third-order valence-electron chi connectivity index (χ3n) is 2.61. The molecule has 0 aliphatic rings. The Morgan fingerprint density at radius 1 is 1.38 bits per heavy atom. The molecule has 4 N–H and O–H groups in total. The van der Waals surface area contributed by atoms with Crippen molar-refractivity contribution in [1.29, 1.82) is 5.41 Å². The van der Waals surface area contributed by atoms with E-state index in [0.29, 0.717) is 10.7 Å². The van der Waals surface area contributed by atoms with Gasteiger partial charge in [-0.3, -0.25) is 15.5 Å². The van der Waals surface area contributed by atoms with E-state index in [0.717, 1.165) is 5.69 Å². The monoisotopic (exact) mass is 349 g/mol. The Balaban J connectivity index is 2.23. The third-order valence-corrected chi connectivity index (χ3v) is 3.49. The highest BCUT2D eigenvalue weighted by atomic mass is 32.1. The SMILES string of the molecule is Cc1csc(NC(=O)c2cc(OCC(=N)N)nc(OC(C)C)c2)n1. The van der Waals surface area contributed by atoms with Crippen molar-refractivity contribution in [3.63, 3.8) is 0 Å². The number of aromatic nitrogens is 2. The number of amidine groups is 1. The lowest BCUT2D eigenvalue weighted by molar-refractivity contribution is 0.102. The highest BCUT2D eigenvalue weighted by Crippen LogP contribution is 2.21. The molecule has 0 atom stereocenters. The number of nitrogens with two attached hydrogens (primary N) is 1. The van der Waals surface area contributed by atoms with Crippen LogP contribution >= 0.6 is 11.3 Å². The molecule has 0 unspecified atom stereocenters. The fourth-order valence-corrected chi connectivity index (χ4v) is 2.40. The van der Waals surface area contributed by atoms with Crippen LogP contribution < -0.4 is 20.5 Å². The summed E-state index contributed by atoms with van der Waals surface area (Å²) in [5, 5.41) is 12.3. The molecule has 9 heteroatoms. The van der Waals surface area contributed by atoms with E-state index < -0.39 is 0 Å². The van der Waals surface area contributed by atoms with Gasteiger partial charge in [0.25, 0.3) is 5.91 Å². The molecule has 2 aromatic heterocycles. The molecule has 0 aliphatic carbocycles. The van der Waals surface area contributed by atoms with Crippen molar-refractivity contribution < 1.29 is 14.3 Å². The molecule has 24 heavy (non-hydrogen) atoms. The number of rotatable bonds is 7. The average Bonchev–Trinajstić information content (AvgIpc) is 2.89. The summed E-state index contributed by atoms with van der Waals surface area (Å²) in [6, 6.07) is 2.99. The zero-order valence-corrected chi connectivity index (χ0v) is 14.4. The number of aryl methyl sites for hydroxylation is 1. The van der Waals surface area contributed by atoms with Gasteiger partial charge < -0.3 is 15.2 Å². The van der Waals surface area contributed by atoms with Crippen LogP contribution in [-0.2, 0) is 0 Å². The molecular weight excluding hydrogens is 330 g/mol. The number of carbonyl (C=O) groups excluding carboxylic acids is 1. The molecule has 0 fully saturated rings. The van der Waals surface area contributed by atoms with E-state index in [2.05, 4.69) is 15.3 Å². The second kappa shape index (κ2) is 7.73. The van der Waals surface area contributed by atoms with Gasteiger partial charge in [-0.05, 0) is 20.8 Å². The lowest BCUT2D eigenvalue weighted by Crippen LogP contribution is -2.20. The Morgan fingerprint density at radius 3 is 2.67 bits per heavy atom. The summed E-state index contributed by atoms with van der Waals surface area (Å²) in [4.78, 5) is 20.7. The van der Waals surface area contributed by atoms with Crippen LogP contribution in [0.2, 0.25) is 0 Å². The number of nitrogens with zero attached hydrogens (tertiary/aromatic N) is 2. The van der Waals surface area contributed by atoms with Crippen LogP contribution in [0.5, 0.6) is 11.8 Å². The molecule has 0 saturated heterocycles. The van der Waals surface area contributed by atoms with Gasteiger partial charge in [-0.15, -0.1) is 11.3 Å². The molecule has 0 saturated carbocycles. The molecule has 8 nitrogen and oxygen atoms in total. The number of hydrogen-bond donors (Lipinski definition) is 3. The van der Waals surface area contributed by atoms with Gasteiger partial charge in [0.05, 0.1) is 17.4 Å². The minimum absolute atomic E-state index is 0.113. The lowest BCUT2D eigenvalue weighted by Gasteiger charge is -2.12. The zero-order valence-electron chi connectivity index (χ0n) is 13.6. The lowest BCUT2D eigenvalue weighted by atomic mass is 10.2. The summed E-state index contributed by atoms with van der Waals surface area (Å²) in [7, 11) is 0. The molecule has 128 valence electrons. The van der Waals surface area contributed by atoms with Gasteiger partial charge >= 0.3 is 0 Å². The zero-order chi connectivity index (χ0) is 17.7. The van der Waals surface area contributed by atoms with E-state index in [1.54, 1.807) is 0 Å². The molecule has 2 rings (SSSR count). The van der Waals surface area contributed by atoms with E-state index >= 15 is 0 Å². The van der Waals surface area contributed by atoms with Gasteiger partial charge in [-0.25, -0.2) is 4.98 Å². The van der Waals surface area contributed by atoms with Gasteiger partial charge in [0.15, 0.2) is 5.13 Å². The van der Waals surface area contributed by atoms with Crippen molar-refractivity contribution in [2.24, 2.45) is 5.73 Å². The minimum atomic E-state index is -0.354. The summed E-state index contributed by atoms with van der Waals surface area (Å²) in [6.45, 7) is 5.43. The highest BCUT2D eigenvalue weighted by molar-refractivity contribution is 7.13. The first-order valence-electron chi connectivity index (χ1n) is 7.21. The average molecular weight is 349 g/mol. The normalized spacial score (nSPS) is 10.5. The standard InChI is InChI=1S/C15H19N5O3S/c1-8(2)23-13-5-10(4-12(19-13)22-6-11(16)17)14(21)20-15-18-9(3)7-24-15/h4-5,7-8H,6H2,1-3H3,(H3,16,17)(H,18,20,21). The maximum absolute atomic E-state index is 12.4. The highest BCUT2D eigenvalue weighted by Gasteiger charge is 2.14.